The lowest BCUT2D eigenvalue weighted by atomic mass is 9.90. The van der Waals surface area contributed by atoms with Gasteiger partial charge in [0.25, 0.3) is 0 Å². The fourth-order valence-corrected chi connectivity index (χ4v) is 2.62. The fourth-order valence-electron chi connectivity index (χ4n) is 2.11. The molecule has 0 aliphatic carbocycles. The summed E-state index contributed by atoms with van der Waals surface area (Å²) in [6.45, 7) is 10.2. The molecule has 0 aliphatic rings. The molecule has 0 fully saturated rings. The van der Waals surface area contributed by atoms with Crippen molar-refractivity contribution in [2.24, 2.45) is 5.41 Å². The number of pyridine rings is 1. The van der Waals surface area contributed by atoms with Crippen molar-refractivity contribution in [3.63, 3.8) is 0 Å². The second-order valence-electron chi connectivity index (χ2n) is 5.75. The Hall–Kier alpha value is -0.800. The smallest absolute Gasteiger partial charge is 0.128 e. The first-order valence-electron chi connectivity index (χ1n) is 6.67. The molecular weight excluding hydrogens is 260 g/mol. The van der Waals surface area contributed by atoms with Crippen molar-refractivity contribution in [2.45, 2.75) is 40.7 Å². The SMILES string of the molecule is COc1c(C)cnc(CNCC(C)(C)CCCl)c1C. The van der Waals surface area contributed by atoms with Gasteiger partial charge in [-0.2, -0.15) is 0 Å². The summed E-state index contributed by atoms with van der Waals surface area (Å²) in [5.41, 5.74) is 3.45. The van der Waals surface area contributed by atoms with E-state index >= 15 is 0 Å². The average Bonchev–Trinajstić information content (AvgIpc) is 2.32. The van der Waals surface area contributed by atoms with E-state index in [4.69, 9.17) is 16.3 Å². The Balaban J connectivity index is 2.64. The van der Waals surface area contributed by atoms with E-state index in [0.29, 0.717) is 5.88 Å². The van der Waals surface area contributed by atoms with Crippen LogP contribution in [0.4, 0.5) is 0 Å². The number of rotatable bonds is 7. The van der Waals surface area contributed by atoms with E-state index in [2.05, 4.69) is 31.1 Å². The third-order valence-electron chi connectivity index (χ3n) is 3.42. The van der Waals surface area contributed by atoms with Crippen LogP contribution in [0.1, 0.15) is 37.1 Å². The van der Waals surface area contributed by atoms with Gasteiger partial charge in [0.2, 0.25) is 0 Å². The van der Waals surface area contributed by atoms with Crippen molar-refractivity contribution in [2.75, 3.05) is 19.5 Å². The predicted octanol–water partition coefficient (Wildman–Crippen LogP) is 3.45. The minimum Gasteiger partial charge on any atom is -0.496 e. The lowest BCUT2D eigenvalue weighted by Gasteiger charge is -2.24. The van der Waals surface area contributed by atoms with Crippen LogP contribution in [0.2, 0.25) is 0 Å². The van der Waals surface area contributed by atoms with Crippen LogP contribution in [-0.4, -0.2) is 24.5 Å². The van der Waals surface area contributed by atoms with Crippen LogP contribution in [0.5, 0.6) is 5.75 Å². The van der Waals surface area contributed by atoms with Gasteiger partial charge in [-0.05, 0) is 25.7 Å². The van der Waals surface area contributed by atoms with E-state index in [1.807, 2.05) is 13.1 Å². The second kappa shape index (κ2) is 7.11. The zero-order chi connectivity index (χ0) is 14.5. The van der Waals surface area contributed by atoms with E-state index < -0.39 is 0 Å². The number of nitrogens with one attached hydrogen (secondary N) is 1. The maximum atomic E-state index is 5.81. The Morgan fingerprint density at radius 3 is 2.63 bits per heavy atom. The van der Waals surface area contributed by atoms with Gasteiger partial charge < -0.3 is 10.1 Å². The van der Waals surface area contributed by atoms with Gasteiger partial charge in [-0.25, -0.2) is 0 Å². The van der Waals surface area contributed by atoms with Gasteiger partial charge in [0.05, 0.1) is 12.8 Å². The third kappa shape index (κ3) is 4.66. The third-order valence-corrected chi connectivity index (χ3v) is 3.61. The van der Waals surface area contributed by atoms with Crippen molar-refractivity contribution in [1.82, 2.24) is 10.3 Å². The van der Waals surface area contributed by atoms with Crippen molar-refractivity contribution in [3.8, 4) is 5.75 Å². The average molecular weight is 285 g/mol. The largest absolute Gasteiger partial charge is 0.496 e. The molecule has 19 heavy (non-hydrogen) atoms. The van der Waals surface area contributed by atoms with Gasteiger partial charge in [-0.15, -0.1) is 11.6 Å². The monoisotopic (exact) mass is 284 g/mol. The van der Waals surface area contributed by atoms with Crippen LogP contribution >= 0.6 is 11.6 Å². The summed E-state index contributed by atoms with van der Waals surface area (Å²) in [6, 6.07) is 0. The highest BCUT2D eigenvalue weighted by Gasteiger charge is 2.17. The number of methoxy groups -OCH3 is 1. The number of aryl methyl sites for hydroxylation is 1. The fraction of sp³-hybridized carbons (Fsp3) is 0.667. The highest BCUT2D eigenvalue weighted by atomic mass is 35.5. The van der Waals surface area contributed by atoms with Gasteiger partial charge in [0.15, 0.2) is 0 Å². The molecule has 1 heterocycles. The van der Waals surface area contributed by atoms with Crippen molar-refractivity contribution in [3.05, 3.63) is 23.0 Å². The molecule has 1 N–H and O–H groups in total. The lowest BCUT2D eigenvalue weighted by molar-refractivity contribution is 0.328. The maximum absolute atomic E-state index is 5.81. The summed E-state index contributed by atoms with van der Waals surface area (Å²) in [4.78, 5) is 4.48. The Morgan fingerprint density at radius 1 is 1.37 bits per heavy atom. The van der Waals surface area contributed by atoms with Gasteiger partial charge in [-0.3, -0.25) is 4.98 Å². The maximum Gasteiger partial charge on any atom is 0.128 e. The van der Waals surface area contributed by atoms with Gasteiger partial charge in [0.1, 0.15) is 5.75 Å². The minimum absolute atomic E-state index is 0.213. The van der Waals surface area contributed by atoms with Crippen LogP contribution < -0.4 is 10.1 Å². The van der Waals surface area contributed by atoms with Crippen LogP contribution in [0.15, 0.2) is 6.20 Å². The first kappa shape index (κ1) is 16.3. The highest BCUT2D eigenvalue weighted by Crippen LogP contribution is 2.24. The zero-order valence-electron chi connectivity index (χ0n) is 12.6. The van der Waals surface area contributed by atoms with Crippen LogP contribution in [0, 0.1) is 19.3 Å². The predicted molar refractivity (Wildman–Crippen MR) is 81.1 cm³/mol. The quantitative estimate of drug-likeness (QED) is 0.779. The van der Waals surface area contributed by atoms with Gasteiger partial charge >= 0.3 is 0 Å². The summed E-state index contributed by atoms with van der Waals surface area (Å²) in [5, 5.41) is 3.46. The van der Waals surface area contributed by atoms with E-state index in [1.165, 1.54) is 0 Å². The van der Waals surface area contributed by atoms with Crippen LogP contribution in [0.25, 0.3) is 0 Å². The molecule has 0 amide bonds. The van der Waals surface area contributed by atoms with E-state index in [9.17, 15) is 0 Å². The molecule has 0 unspecified atom stereocenters. The van der Waals surface area contributed by atoms with Crippen molar-refractivity contribution < 1.29 is 4.74 Å². The zero-order valence-corrected chi connectivity index (χ0v) is 13.4. The Labute approximate surface area is 121 Å². The van der Waals surface area contributed by atoms with Crippen LogP contribution in [-0.2, 0) is 6.54 Å². The molecule has 0 atom stereocenters. The standard InChI is InChI=1S/C15H25ClN2O/c1-11-8-18-13(12(2)14(11)19-5)9-17-10-15(3,4)6-7-16/h8,17H,6-7,9-10H2,1-5H3. The molecule has 0 aliphatic heterocycles. The van der Waals surface area contributed by atoms with Gasteiger partial charge in [-0.1, -0.05) is 13.8 Å². The first-order valence-corrected chi connectivity index (χ1v) is 7.20. The molecule has 3 nitrogen and oxygen atoms in total. The molecule has 1 aromatic heterocycles. The van der Waals surface area contributed by atoms with E-state index in [1.54, 1.807) is 7.11 Å². The normalized spacial score (nSPS) is 11.7. The Kier molecular flexibility index (Phi) is 6.08. The molecule has 0 bridgehead atoms. The molecule has 1 aromatic rings. The molecule has 4 heteroatoms. The second-order valence-corrected chi connectivity index (χ2v) is 6.13. The topological polar surface area (TPSA) is 34.1 Å². The molecule has 108 valence electrons. The summed E-state index contributed by atoms with van der Waals surface area (Å²) in [6.07, 6.45) is 2.87. The number of halogens is 1. The number of aromatic nitrogens is 1. The molecule has 0 aromatic carbocycles. The van der Waals surface area contributed by atoms with E-state index in [-0.39, 0.29) is 5.41 Å². The molecule has 0 saturated carbocycles. The summed E-state index contributed by atoms with van der Waals surface area (Å²) >= 11 is 5.81. The first-order chi connectivity index (χ1) is 8.91. The number of ether oxygens (including phenoxy) is 1. The molecule has 0 spiro atoms. The molecule has 0 radical (unpaired) electrons. The van der Waals surface area contributed by atoms with E-state index in [0.717, 1.165) is 42.1 Å². The molecule has 1 rings (SSSR count). The molecule has 0 saturated heterocycles. The van der Waals surface area contributed by atoms with Crippen molar-refractivity contribution in [1.29, 1.82) is 0 Å². The summed E-state index contributed by atoms with van der Waals surface area (Å²) in [5.74, 6) is 1.64. The Bertz CT molecular complexity index is 419. The number of nitrogens with zero attached hydrogens (tertiary/aromatic N) is 1. The molecular formula is C15H25ClN2O. The van der Waals surface area contributed by atoms with Crippen LogP contribution in [0.3, 0.4) is 0 Å². The lowest BCUT2D eigenvalue weighted by Crippen LogP contribution is -2.30. The number of hydrogen-bond donors (Lipinski definition) is 1. The summed E-state index contributed by atoms with van der Waals surface area (Å²) in [7, 11) is 1.70. The minimum atomic E-state index is 0.213. The highest BCUT2D eigenvalue weighted by molar-refractivity contribution is 6.17. The number of alkyl halides is 1. The van der Waals surface area contributed by atoms with Crippen molar-refractivity contribution >= 4 is 11.6 Å². The Morgan fingerprint density at radius 2 is 2.05 bits per heavy atom. The summed E-state index contributed by atoms with van der Waals surface area (Å²) < 4.78 is 5.42. The van der Waals surface area contributed by atoms with Gasteiger partial charge in [0, 0.05) is 36.3 Å². The number of hydrogen-bond acceptors (Lipinski definition) is 3.